The van der Waals surface area contributed by atoms with Gasteiger partial charge in [-0.25, -0.2) is 15.0 Å². The van der Waals surface area contributed by atoms with E-state index in [1.165, 1.54) is 6.08 Å². The van der Waals surface area contributed by atoms with Crippen molar-refractivity contribution in [1.29, 1.82) is 0 Å². The van der Waals surface area contributed by atoms with Gasteiger partial charge in [0.25, 0.3) is 0 Å². The predicted octanol–water partition coefficient (Wildman–Crippen LogP) is 2.80. The molecule has 1 atom stereocenters. The number of thiazole rings is 1. The number of aromatic nitrogens is 3. The van der Waals surface area contributed by atoms with Crippen LogP contribution >= 0.6 is 11.3 Å². The van der Waals surface area contributed by atoms with Crippen molar-refractivity contribution in [2.45, 2.75) is 26.2 Å². The van der Waals surface area contributed by atoms with Crippen molar-refractivity contribution in [1.82, 2.24) is 19.9 Å². The van der Waals surface area contributed by atoms with Gasteiger partial charge in [-0.2, -0.15) is 0 Å². The molecule has 1 aliphatic rings. The van der Waals surface area contributed by atoms with E-state index in [0.29, 0.717) is 12.4 Å². The molecule has 1 saturated heterocycles. The molecule has 0 saturated carbocycles. The first kappa shape index (κ1) is 15.6. The molecule has 0 aromatic carbocycles. The van der Waals surface area contributed by atoms with E-state index in [0.717, 1.165) is 34.5 Å². The fourth-order valence-electron chi connectivity index (χ4n) is 2.72. The first-order chi connectivity index (χ1) is 11.0. The van der Waals surface area contributed by atoms with Crippen molar-refractivity contribution < 1.29 is 4.79 Å². The second kappa shape index (κ2) is 6.45. The molecule has 1 fully saturated rings. The van der Waals surface area contributed by atoms with E-state index >= 15 is 0 Å². The summed E-state index contributed by atoms with van der Waals surface area (Å²) in [4.78, 5) is 28.0. The number of carbonyl (C=O) groups is 1. The second-order valence-electron chi connectivity index (χ2n) is 5.60. The molecule has 3 heterocycles. The normalized spacial score (nSPS) is 17.3. The second-order valence-corrected chi connectivity index (χ2v) is 6.84. The van der Waals surface area contributed by atoms with E-state index in [1.807, 2.05) is 31.0 Å². The quantitative estimate of drug-likeness (QED) is 0.873. The molecule has 7 heteroatoms. The number of nitrogens with zero attached hydrogens (tertiary/aromatic N) is 4. The summed E-state index contributed by atoms with van der Waals surface area (Å²) in [6.07, 6.45) is 4.11. The van der Waals surface area contributed by atoms with E-state index in [-0.39, 0.29) is 11.8 Å². The molecule has 1 amide bonds. The molecule has 1 aliphatic heterocycles. The van der Waals surface area contributed by atoms with Gasteiger partial charge < -0.3 is 10.2 Å². The van der Waals surface area contributed by atoms with Crippen molar-refractivity contribution in [3.05, 3.63) is 41.3 Å². The van der Waals surface area contributed by atoms with Gasteiger partial charge in [-0.15, -0.1) is 11.3 Å². The summed E-state index contributed by atoms with van der Waals surface area (Å²) in [6.45, 7) is 8.86. The van der Waals surface area contributed by atoms with E-state index < -0.39 is 0 Å². The summed E-state index contributed by atoms with van der Waals surface area (Å²) < 4.78 is 0. The zero-order chi connectivity index (χ0) is 16.4. The van der Waals surface area contributed by atoms with Gasteiger partial charge >= 0.3 is 0 Å². The molecule has 0 aliphatic carbocycles. The number of aryl methyl sites for hydroxylation is 2. The Morgan fingerprint density at radius 1 is 1.48 bits per heavy atom. The summed E-state index contributed by atoms with van der Waals surface area (Å²) in [5.41, 5.74) is 0.965. The zero-order valence-corrected chi connectivity index (χ0v) is 14.1. The van der Waals surface area contributed by atoms with Crippen LogP contribution in [0.3, 0.4) is 0 Å². The van der Waals surface area contributed by atoms with Crippen LogP contribution in [0.2, 0.25) is 0 Å². The molecule has 120 valence electrons. The minimum absolute atomic E-state index is 0.0186. The van der Waals surface area contributed by atoms with Gasteiger partial charge in [0.05, 0.1) is 5.69 Å². The molecule has 23 heavy (non-hydrogen) atoms. The molecule has 1 N–H and O–H groups in total. The predicted molar refractivity (Wildman–Crippen MR) is 91.0 cm³/mol. The summed E-state index contributed by atoms with van der Waals surface area (Å²) >= 11 is 1.59. The van der Waals surface area contributed by atoms with Gasteiger partial charge in [-0.3, -0.25) is 4.79 Å². The van der Waals surface area contributed by atoms with Gasteiger partial charge in [-0.05, 0) is 26.3 Å². The summed E-state index contributed by atoms with van der Waals surface area (Å²) in [5.74, 6) is 1.68. The van der Waals surface area contributed by atoms with Gasteiger partial charge in [0.15, 0.2) is 5.13 Å². The highest BCUT2D eigenvalue weighted by Crippen LogP contribution is 2.28. The van der Waals surface area contributed by atoms with Crippen molar-refractivity contribution in [3.8, 4) is 0 Å². The molecule has 0 spiro atoms. The van der Waals surface area contributed by atoms with Gasteiger partial charge in [-0.1, -0.05) is 6.58 Å². The first-order valence-corrected chi connectivity index (χ1v) is 8.33. The lowest BCUT2D eigenvalue weighted by atomic mass is 10.0. The minimum Gasteiger partial charge on any atom is -0.338 e. The Morgan fingerprint density at radius 3 is 3.00 bits per heavy atom. The van der Waals surface area contributed by atoms with E-state index in [4.69, 9.17) is 0 Å². The van der Waals surface area contributed by atoms with Crippen LogP contribution in [0.25, 0.3) is 0 Å². The highest BCUT2D eigenvalue weighted by atomic mass is 32.1. The van der Waals surface area contributed by atoms with Crippen LogP contribution in [-0.4, -0.2) is 38.8 Å². The van der Waals surface area contributed by atoms with Crippen LogP contribution in [0, 0.1) is 13.8 Å². The standard InChI is InChI=1S/C16H19N5OS/c1-4-15(22)21-6-5-12(9-21)13-7-14(19-11(3)18-13)20-16-17-8-10(2)23-16/h4,7-8,12H,1,5-6,9H2,2-3H3,(H,17,18,19,20)/t12-/m1/s1. The Labute approximate surface area is 139 Å². The molecular weight excluding hydrogens is 310 g/mol. The Balaban J connectivity index is 1.78. The van der Waals surface area contributed by atoms with Crippen LogP contribution in [0.5, 0.6) is 0 Å². The van der Waals surface area contributed by atoms with Crippen LogP contribution in [-0.2, 0) is 4.79 Å². The summed E-state index contributed by atoms with van der Waals surface area (Å²) in [5, 5.41) is 4.05. The van der Waals surface area contributed by atoms with Crippen LogP contribution in [0.15, 0.2) is 24.9 Å². The SMILES string of the molecule is C=CC(=O)N1CC[C@@H](c2cc(Nc3ncc(C)s3)nc(C)n2)C1. The van der Waals surface area contributed by atoms with Crippen LogP contribution < -0.4 is 5.32 Å². The summed E-state index contributed by atoms with van der Waals surface area (Å²) in [7, 11) is 0. The van der Waals surface area contributed by atoms with Gasteiger partial charge in [0, 0.05) is 36.1 Å². The number of rotatable bonds is 4. The molecule has 0 radical (unpaired) electrons. The third-order valence-electron chi connectivity index (χ3n) is 3.81. The maximum Gasteiger partial charge on any atom is 0.245 e. The van der Waals surface area contributed by atoms with Crippen LogP contribution in [0.1, 0.15) is 28.7 Å². The molecule has 0 bridgehead atoms. The number of amides is 1. The molecule has 2 aromatic heterocycles. The smallest absolute Gasteiger partial charge is 0.245 e. The minimum atomic E-state index is -0.0186. The fourth-order valence-corrected chi connectivity index (χ4v) is 3.39. The lowest BCUT2D eigenvalue weighted by Gasteiger charge is -2.14. The summed E-state index contributed by atoms with van der Waals surface area (Å²) in [6, 6.07) is 1.95. The van der Waals surface area contributed by atoms with E-state index in [1.54, 1.807) is 11.3 Å². The monoisotopic (exact) mass is 329 g/mol. The fraction of sp³-hybridized carbons (Fsp3) is 0.375. The lowest BCUT2D eigenvalue weighted by molar-refractivity contribution is -0.125. The third kappa shape index (κ3) is 3.56. The van der Waals surface area contributed by atoms with Crippen molar-refractivity contribution in [2.24, 2.45) is 0 Å². The highest BCUT2D eigenvalue weighted by molar-refractivity contribution is 7.15. The van der Waals surface area contributed by atoms with Crippen molar-refractivity contribution in [3.63, 3.8) is 0 Å². The maximum absolute atomic E-state index is 11.7. The zero-order valence-electron chi connectivity index (χ0n) is 13.2. The average Bonchev–Trinajstić information content (AvgIpc) is 3.15. The highest BCUT2D eigenvalue weighted by Gasteiger charge is 2.27. The Kier molecular flexibility index (Phi) is 4.38. The number of nitrogens with one attached hydrogen (secondary N) is 1. The Hall–Kier alpha value is -2.28. The van der Waals surface area contributed by atoms with Crippen molar-refractivity contribution in [2.75, 3.05) is 18.4 Å². The van der Waals surface area contributed by atoms with Crippen molar-refractivity contribution >= 4 is 28.2 Å². The van der Waals surface area contributed by atoms with Gasteiger partial charge in [0.1, 0.15) is 11.6 Å². The third-order valence-corrected chi connectivity index (χ3v) is 4.64. The Morgan fingerprint density at radius 2 is 2.30 bits per heavy atom. The van der Waals surface area contributed by atoms with Crippen LogP contribution in [0.4, 0.5) is 10.9 Å². The lowest BCUT2D eigenvalue weighted by Crippen LogP contribution is -2.26. The number of anilines is 2. The van der Waals surface area contributed by atoms with E-state index in [2.05, 4.69) is 26.8 Å². The number of likely N-dealkylation sites (tertiary alicyclic amines) is 1. The Bertz CT molecular complexity index is 742. The molecule has 3 rings (SSSR count). The number of hydrogen-bond donors (Lipinski definition) is 1. The maximum atomic E-state index is 11.7. The topological polar surface area (TPSA) is 71.0 Å². The van der Waals surface area contributed by atoms with Gasteiger partial charge in [0.2, 0.25) is 5.91 Å². The molecule has 2 aromatic rings. The molecule has 6 nitrogen and oxygen atoms in total. The number of carbonyl (C=O) groups excluding carboxylic acids is 1. The average molecular weight is 329 g/mol. The molecule has 0 unspecified atom stereocenters. The van der Waals surface area contributed by atoms with E-state index in [9.17, 15) is 4.79 Å². The molecular formula is C16H19N5OS. The first-order valence-electron chi connectivity index (χ1n) is 7.51. The number of hydrogen-bond acceptors (Lipinski definition) is 6. The largest absolute Gasteiger partial charge is 0.338 e.